The Labute approximate surface area is 74.9 Å². The molecule has 0 bridgehead atoms. The molecule has 0 radical (unpaired) electrons. The Morgan fingerprint density at radius 2 is 1.83 bits per heavy atom. The number of nitrogens with one attached hydrogen (secondary N) is 1. The molecule has 1 heterocycles. The first-order valence-electron chi connectivity index (χ1n) is 5.32. The molecule has 70 valence electrons. The molecule has 12 heavy (non-hydrogen) atoms. The highest BCUT2D eigenvalue weighted by atomic mass is 14.9. The molecule has 0 aromatic rings. The monoisotopic (exact) mass is 168 g/mol. The van der Waals surface area contributed by atoms with E-state index in [-0.39, 0.29) is 0 Å². The van der Waals surface area contributed by atoms with Crippen molar-refractivity contribution in [3.8, 4) is 0 Å². The lowest BCUT2D eigenvalue weighted by Gasteiger charge is -2.22. The fourth-order valence-electron chi connectivity index (χ4n) is 2.57. The van der Waals surface area contributed by atoms with Crippen molar-refractivity contribution in [2.24, 2.45) is 23.5 Å². The summed E-state index contributed by atoms with van der Waals surface area (Å²) in [7, 11) is 0. The van der Waals surface area contributed by atoms with E-state index in [2.05, 4.69) is 5.32 Å². The van der Waals surface area contributed by atoms with Crippen molar-refractivity contribution in [1.82, 2.24) is 5.32 Å². The SMILES string of the molecule is NCC1CCNCCC1C1CC1. The molecule has 2 aliphatic rings. The molecule has 0 aromatic heterocycles. The minimum atomic E-state index is 0.812. The number of rotatable bonds is 2. The van der Waals surface area contributed by atoms with Gasteiger partial charge in [0.1, 0.15) is 0 Å². The number of hydrogen-bond acceptors (Lipinski definition) is 2. The normalized spacial score (nSPS) is 37.8. The standard InChI is InChI=1S/C10H20N2/c11-7-9-3-5-12-6-4-10(9)8-1-2-8/h8-10,12H,1-7,11H2. The minimum absolute atomic E-state index is 0.812. The molecule has 2 fully saturated rings. The summed E-state index contributed by atoms with van der Waals surface area (Å²) in [6.45, 7) is 3.31. The van der Waals surface area contributed by atoms with E-state index in [0.717, 1.165) is 24.3 Å². The van der Waals surface area contributed by atoms with Gasteiger partial charge in [-0.15, -0.1) is 0 Å². The topological polar surface area (TPSA) is 38.0 Å². The predicted octanol–water partition coefficient (Wildman–Crippen LogP) is 0.971. The quantitative estimate of drug-likeness (QED) is 0.645. The molecule has 2 atom stereocenters. The molecule has 1 aliphatic heterocycles. The maximum Gasteiger partial charge on any atom is -0.00456 e. The van der Waals surface area contributed by atoms with Gasteiger partial charge in [0.05, 0.1) is 0 Å². The zero-order valence-electron chi connectivity index (χ0n) is 7.76. The largest absolute Gasteiger partial charge is 0.330 e. The van der Waals surface area contributed by atoms with Gasteiger partial charge >= 0.3 is 0 Å². The Morgan fingerprint density at radius 3 is 2.50 bits per heavy atom. The van der Waals surface area contributed by atoms with E-state index in [1.807, 2.05) is 0 Å². The van der Waals surface area contributed by atoms with Crippen LogP contribution in [0.4, 0.5) is 0 Å². The van der Waals surface area contributed by atoms with Gasteiger partial charge in [0, 0.05) is 0 Å². The summed E-state index contributed by atoms with van der Waals surface area (Å²) in [4.78, 5) is 0. The molecule has 1 saturated heterocycles. The van der Waals surface area contributed by atoms with Gasteiger partial charge in [-0.1, -0.05) is 0 Å². The van der Waals surface area contributed by atoms with Gasteiger partial charge in [0.2, 0.25) is 0 Å². The highest BCUT2D eigenvalue weighted by molar-refractivity contribution is 4.88. The molecule has 0 aromatic carbocycles. The molecule has 3 N–H and O–H groups in total. The first-order chi connectivity index (χ1) is 5.92. The first kappa shape index (κ1) is 8.52. The summed E-state index contributed by atoms with van der Waals surface area (Å²) in [5.74, 6) is 2.80. The highest BCUT2D eigenvalue weighted by Gasteiger charge is 2.35. The maximum atomic E-state index is 5.80. The van der Waals surface area contributed by atoms with Crippen molar-refractivity contribution in [3.63, 3.8) is 0 Å². The summed E-state index contributed by atoms with van der Waals surface area (Å²) in [5.41, 5.74) is 5.80. The van der Waals surface area contributed by atoms with Gasteiger partial charge in [-0.3, -0.25) is 0 Å². The molecule has 2 rings (SSSR count). The first-order valence-corrected chi connectivity index (χ1v) is 5.32. The van der Waals surface area contributed by atoms with Gasteiger partial charge in [-0.25, -0.2) is 0 Å². The van der Waals surface area contributed by atoms with E-state index in [0.29, 0.717) is 0 Å². The second kappa shape index (κ2) is 3.75. The van der Waals surface area contributed by atoms with Crippen molar-refractivity contribution in [2.75, 3.05) is 19.6 Å². The Hall–Kier alpha value is -0.0800. The van der Waals surface area contributed by atoms with Crippen LogP contribution < -0.4 is 11.1 Å². The Kier molecular flexibility index (Phi) is 2.66. The second-order valence-electron chi connectivity index (χ2n) is 4.32. The van der Waals surface area contributed by atoms with Crippen LogP contribution in [0.3, 0.4) is 0 Å². The predicted molar refractivity (Wildman–Crippen MR) is 50.9 cm³/mol. The molecule has 0 spiro atoms. The Bertz CT molecular complexity index is 143. The smallest absolute Gasteiger partial charge is 0.00456 e. The summed E-state index contributed by atoms with van der Waals surface area (Å²) in [6.07, 6.45) is 5.62. The second-order valence-corrected chi connectivity index (χ2v) is 4.32. The maximum absolute atomic E-state index is 5.80. The number of nitrogens with two attached hydrogens (primary N) is 1. The Morgan fingerprint density at radius 1 is 1.08 bits per heavy atom. The molecule has 2 heteroatoms. The molecule has 1 saturated carbocycles. The zero-order chi connectivity index (χ0) is 8.39. The Balaban J connectivity index is 1.93. The van der Waals surface area contributed by atoms with E-state index in [1.165, 1.54) is 38.8 Å². The van der Waals surface area contributed by atoms with Crippen LogP contribution in [0.5, 0.6) is 0 Å². The van der Waals surface area contributed by atoms with Crippen molar-refractivity contribution in [1.29, 1.82) is 0 Å². The van der Waals surface area contributed by atoms with E-state index in [4.69, 9.17) is 5.73 Å². The summed E-state index contributed by atoms with van der Waals surface area (Å²) in [6, 6.07) is 0. The molecular formula is C10H20N2. The lowest BCUT2D eigenvalue weighted by Crippen LogP contribution is -2.24. The third kappa shape index (κ3) is 1.80. The summed E-state index contributed by atoms with van der Waals surface area (Å²) >= 11 is 0. The lowest BCUT2D eigenvalue weighted by molar-refractivity contribution is 0.292. The molecule has 2 unspecified atom stereocenters. The zero-order valence-corrected chi connectivity index (χ0v) is 7.76. The van der Waals surface area contributed by atoms with Crippen LogP contribution >= 0.6 is 0 Å². The van der Waals surface area contributed by atoms with E-state index in [1.54, 1.807) is 0 Å². The lowest BCUT2D eigenvalue weighted by atomic mass is 9.84. The van der Waals surface area contributed by atoms with E-state index in [9.17, 15) is 0 Å². The van der Waals surface area contributed by atoms with Gasteiger partial charge in [0.15, 0.2) is 0 Å². The third-order valence-corrected chi connectivity index (χ3v) is 3.48. The fourth-order valence-corrected chi connectivity index (χ4v) is 2.57. The fraction of sp³-hybridized carbons (Fsp3) is 1.00. The van der Waals surface area contributed by atoms with Crippen LogP contribution in [0, 0.1) is 17.8 Å². The average Bonchev–Trinajstić information content (AvgIpc) is 2.91. The summed E-state index contributed by atoms with van der Waals surface area (Å²) in [5, 5.41) is 3.47. The van der Waals surface area contributed by atoms with Crippen LogP contribution in [0.1, 0.15) is 25.7 Å². The van der Waals surface area contributed by atoms with Gasteiger partial charge in [-0.2, -0.15) is 0 Å². The van der Waals surface area contributed by atoms with Crippen molar-refractivity contribution in [2.45, 2.75) is 25.7 Å². The third-order valence-electron chi connectivity index (χ3n) is 3.48. The van der Waals surface area contributed by atoms with Crippen molar-refractivity contribution in [3.05, 3.63) is 0 Å². The van der Waals surface area contributed by atoms with Crippen LogP contribution in [0.15, 0.2) is 0 Å². The van der Waals surface area contributed by atoms with Crippen molar-refractivity contribution < 1.29 is 0 Å². The van der Waals surface area contributed by atoms with Crippen LogP contribution in [0.2, 0.25) is 0 Å². The van der Waals surface area contributed by atoms with Gasteiger partial charge in [0.25, 0.3) is 0 Å². The van der Waals surface area contributed by atoms with E-state index >= 15 is 0 Å². The molecule has 1 aliphatic carbocycles. The minimum Gasteiger partial charge on any atom is -0.330 e. The highest BCUT2D eigenvalue weighted by Crippen LogP contribution is 2.43. The molecule has 2 nitrogen and oxygen atoms in total. The molecule has 0 amide bonds. The van der Waals surface area contributed by atoms with Gasteiger partial charge in [-0.05, 0) is 63.1 Å². The van der Waals surface area contributed by atoms with E-state index < -0.39 is 0 Å². The van der Waals surface area contributed by atoms with Crippen molar-refractivity contribution >= 4 is 0 Å². The van der Waals surface area contributed by atoms with Crippen LogP contribution in [0.25, 0.3) is 0 Å². The van der Waals surface area contributed by atoms with Crippen LogP contribution in [-0.2, 0) is 0 Å². The summed E-state index contributed by atoms with van der Waals surface area (Å²) < 4.78 is 0. The van der Waals surface area contributed by atoms with Gasteiger partial charge < -0.3 is 11.1 Å². The molecular weight excluding hydrogens is 148 g/mol. The number of hydrogen-bond donors (Lipinski definition) is 2. The van der Waals surface area contributed by atoms with Crippen LogP contribution in [-0.4, -0.2) is 19.6 Å². The average molecular weight is 168 g/mol.